The number of unbranched alkanes of at least 4 members (excludes halogenated alkanes) is 1. The summed E-state index contributed by atoms with van der Waals surface area (Å²) in [5.41, 5.74) is 5.71. The van der Waals surface area contributed by atoms with Crippen molar-refractivity contribution in [1.29, 1.82) is 0 Å². The van der Waals surface area contributed by atoms with Crippen LogP contribution in [-0.2, 0) is 73.5 Å². The zero-order valence-corrected chi connectivity index (χ0v) is 47.7. The number of H-pyrrole nitrogens is 1. The van der Waals surface area contributed by atoms with Crippen LogP contribution in [0, 0.1) is 0 Å². The third-order valence-corrected chi connectivity index (χ3v) is 14.4. The first-order valence-electron chi connectivity index (χ1n) is 27.8. The van der Waals surface area contributed by atoms with E-state index >= 15 is 0 Å². The predicted octanol–water partition coefficient (Wildman–Crippen LogP) is -5.47. The van der Waals surface area contributed by atoms with Crippen molar-refractivity contribution in [1.82, 2.24) is 67.1 Å². The fourth-order valence-corrected chi connectivity index (χ4v) is 10.2. The number of likely N-dealkylation sites (tertiary alicyclic amines) is 1. The second-order valence-electron chi connectivity index (χ2n) is 20.9. The Morgan fingerprint density at radius 2 is 1.23 bits per heavy atom. The molecule has 86 heavy (non-hydrogen) atoms. The van der Waals surface area contributed by atoms with Gasteiger partial charge in [0.15, 0.2) is 0 Å². The van der Waals surface area contributed by atoms with Gasteiger partial charge in [-0.3, -0.25) is 81.8 Å². The molecule has 0 spiro atoms. The Bertz CT molecular complexity index is 2740. The topological polar surface area (TPSA) is 491 Å². The molecule has 0 saturated carbocycles. The minimum atomic E-state index is -1.52. The Kier molecular flexibility index (Phi) is 28.2. The van der Waals surface area contributed by atoms with Gasteiger partial charge in [0.25, 0.3) is 0 Å². The minimum absolute atomic E-state index is 0.0597. The number of benzene rings is 1. The smallest absolute Gasteiger partial charge is 0.317 e. The largest absolute Gasteiger partial charge is 0.481 e. The van der Waals surface area contributed by atoms with Crippen LogP contribution in [0.3, 0.4) is 0 Å². The summed E-state index contributed by atoms with van der Waals surface area (Å²) < 4.78 is 0. The molecule has 2 fully saturated rings. The SMILES string of the molecule is CN[C@@H](Cc1c[nH]c2ccccc12)C(=O)N[C@@H](CC(=O)O)C(=O)N1CCCC1C(=O)NCC(=O)NCC(=O)NCC(=O)N[C@@H](CCCCNC(=O)CCCC(=O)NCCC1(N(CC(=O)O)CC(=O)O)CN(CC(=O)O)CCN(CC(=O)O)C1)C(N)=O. The molecule has 0 aliphatic carbocycles. The van der Waals surface area contributed by atoms with Crippen LogP contribution < -0.4 is 48.3 Å². The lowest BCUT2D eigenvalue weighted by molar-refractivity contribution is -0.148. The maximum atomic E-state index is 13.7. The van der Waals surface area contributed by atoms with Gasteiger partial charge in [-0.05, 0) is 70.0 Å². The highest BCUT2D eigenvalue weighted by atomic mass is 16.4. The fourth-order valence-electron chi connectivity index (χ4n) is 10.2. The molecule has 474 valence electrons. The number of nitrogens with one attached hydrogen (secondary N) is 9. The van der Waals surface area contributed by atoms with Gasteiger partial charge in [-0.25, -0.2) is 0 Å². The number of amides is 9. The first-order valence-corrected chi connectivity index (χ1v) is 27.8. The number of carboxylic acids is 5. The van der Waals surface area contributed by atoms with Crippen molar-refractivity contribution in [3.8, 4) is 0 Å². The number of carbonyl (C=O) groups is 14. The van der Waals surface area contributed by atoms with Crippen LogP contribution in [0.2, 0.25) is 0 Å². The molecular formula is C53H78N14O19. The van der Waals surface area contributed by atoms with E-state index in [0.29, 0.717) is 19.3 Å². The summed E-state index contributed by atoms with van der Waals surface area (Å²) in [4.78, 5) is 183. The van der Waals surface area contributed by atoms with Crippen molar-refractivity contribution < 1.29 is 92.7 Å². The summed E-state index contributed by atoms with van der Waals surface area (Å²) in [5, 5.41) is 69.0. The highest BCUT2D eigenvalue weighted by molar-refractivity contribution is 5.97. The van der Waals surface area contributed by atoms with E-state index < -0.39 is 165 Å². The molecule has 3 heterocycles. The maximum Gasteiger partial charge on any atom is 0.317 e. The second-order valence-corrected chi connectivity index (χ2v) is 20.9. The first kappa shape index (κ1) is 69.7. The lowest BCUT2D eigenvalue weighted by Gasteiger charge is -2.45. The van der Waals surface area contributed by atoms with Crippen molar-refractivity contribution in [3.05, 3.63) is 36.0 Å². The molecule has 2 aromatic rings. The first-order chi connectivity index (χ1) is 40.8. The lowest BCUT2D eigenvalue weighted by Crippen LogP contribution is -2.63. The number of carboxylic acid groups (broad SMARTS) is 5. The van der Waals surface area contributed by atoms with Gasteiger partial charge in [-0.2, -0.15) is 0 Å². The molecule has 2 saturated heterocycles. The number of hydrogen-bond donors (Lipinski definition) is 15. The molecule has 0 radical (unpaired) electrons. The standard InChI is InChI=1S/C53H78N14O19/c1-55-36(20-32-22-58-34-9-3-2-8-33(32)34)50(84)63-37(21-44(73)74)52(86)67-17-7-11-38(67)51(85)61-24-42(71)59-23-41(70)60-25-43(72)62-35(49(54)83)10-4-5-15-56-39(68)12-6-13-40(69)57-16-14-53(66(28-47(79)80)29-48(81)82)30-64(26-45(75)76)18-19-65(31-53)27-46(77)78/h2-3,8-9,22,35-38,55,58H,4-7,10-21,23-31H2,1H3,(H2,54,83)(H,56,68)(H,57,69)(H,59,71)(H,60,70)(H,61,85)(H,62,72)(H,63,84)(H,73,74)(H,75,76)(H,77,78)(H,79,80)(H,81,82)/t35-,36-,37-,38?/m0/s1. The van der Waals surface area contributed by atoms with E-state index in [4.69, 9.17) is 5.73 Å². The van der Waals surface area contributed by atoms with Crippen LogP contribution in [0.4, 0.5) is 0 Å². The number of aromatic nitrogens is 1. The van der Waals surface area contributed by atoms with E-state index in [1.165, 1.54) is 9.80 Å². The van der Waals surface area contributed by atoms with Gasteiger partial charge in [0.1, 0.15) is 18.1 Å². The Morgan fingerprint density at radius 1 is 0.651 bits per heavy atom. The average molecular weight is 1220 g/mol. The number of hydrogen-bond acceptors (Lipinski definition) is 18. The molecule has 2 aliphatic heterocycles. The zero-order valence-electron chi connectivity index (χ0n) is 47.7. The van der Waals surface area contributed by atoms with Gasteiger partial charge in [0.2, 0.25) is 53.2 Å². The average Bonchev–Trinajstić information content (AvgIpc) is 2.50. The number of aliphatic carboxylic acids is 5. The van der Waals surface area contributed by atoms with E-state index in [2.05, 4.69) is 47.5 Å². The molecule has 33 heteroatoms. The van der Waals surface area contributed by atoms with Gasteiger partial charge in [-0.15, -0.1) is 0 Å². The van der Waals surface area contributed by atoms with E-state index in [-0.39, 0.29) is 90.8 Å². The van der Waals surface area contributed by atoms with Gasteiger partial charge >= 0.3 is 29.8 Å². The van der Waals surface area contributed by atoms with Gasteiger partial charge in [-0.1, -0.05) is 18.2 Å². The van der Waals surface area contributed by atoms with Gasteiger partial charge < -0.3 is 83.7 Å². The third kappa shape index (κ3) is 23.7. The van der Waals surface area contributed by atoms with Gasteiger partial charge in [0.05, 0.1) is 58.3 Å². The van der Waals surface area contributed by atoms with E-state index in [1.807, 2.05) is 24.3 Å². The normalized spacial score (nSPS) is 16.1. The molecule has 1 aromatic heterocycles. The maximum absolute atomic E-state index is 13.7. The van der Waals surface area contributed by atoms with Crippen LogP contribution in [0.1, 0.15) is 69.8 Å². The minimum Gasteiger partial charge on any atom is -0.481 e. The lowest BCUT2D eigenvalue weighted by atomic mass is 9.90. The van der Waals surface area contributed by atoms with Crippen LogP contribution in [-0.4, -0.2) is 262 Å². The van der Waals surface area contributed by atoms with Crippen LogP contribution in [0.25, 0.3) is 10.9 Å². The molecule has 4 rings (SSSR count). The van der Waals surface area contributed by atoms with E-state index in [9.17, 15) is 92.7 Å². The molecule has 33 nitrogen and oxygen atoms in total. The van der Waals surface area contributed by atoms with Crippen molar-refractivity contribution in [2.75, 3.05) is 98.7 Å². The number of likely N-dealkylation sites (N-methyl/N-ethyl adjacent to an activating group) is 1. The molecule has 1 aromatic carbocycles. The number of primary amides is 1. The van der Waals surface area contributed by atoms with E-state index in [1.54, 1.807) is 13.2 Å². The quantitative estimate of drug-likeness (QED) is 0.0279. The Morgan fingerprint density at radius 3 is 1.80 bits per heavy atom. The van der Waals surface area contributed by atoms with Crippen molar-refractivity contribution in [2.24, 2.45) is 5.73 Å². The summed E-state index contributed by atoms with van der Waals surface area (Å²) in [6, 6.07) is 2.84. The molecule has 9 amide bonds. The second kappa shape index (κ2) is 34.8. The summed E-state index contributed by atoms with van der Waals surface area (Å²) in [6.45, 7) is -4.45. The number of nitrogens with zero attached hydrogens (tertiary/aromatic N) is 4. The third-order valence-electron chi connectivity index (χ3n) is 14.4. The molecule has 2 aliphatic rings. The van der Waals surface area contributed by atoms with Crippen molar-refractivity contribution >= 4 is 93.9 Å². The Hall–Kier alpha value is -8.82. The molecular weight excluding hydrogens is 1140 g/mol. The highest BCUT2D eigenvalue weighted by Gasteiger charge is 2.44. The number of rotatable bonds is 38. The van der Waals surface area contributed by atoms with Crippen molar-refractivity contribution in [3.63, 3.8) is 0 Å². The van der Waals surface area contributed by atoms with Gasteiger partial charge in [0, 0.05) is 81.3 Å². The van der Waals surface area contributed by atoms with Crippen LogP contribution in [0.5, 0.6) is 0 Å². The summed E-state index contributed by atoms with van der Waals surface area (Å²) in [6.07, 6.45) is 2.27. The number of para-hydroxylation sites is 1. The number of carbonyl (C=O) groups excluding carboxylic acids is 9. The molecule has 0 bridgehead atoms. The zero-order chi connectivity index (χ0) is 63.5. The predicted molar refractivity (Wildman–Crippen MR) is 300 cm³/mol. The summed E-state index contributed by atoms with van der Waals surface area (Å²) in [5.74, 6) is -12.9. The number of nitrogens with two attached hydrogens (primary N) is 1. The Labute approximate surface area is 493 Å². The van der Waals surface area contributed by atoms with Crippen LogP contribution in [0.15, 0.2) is 30.5 Å². The fraction of sp³-hybridized carbons (Fsp3) is 0.585. The summed E-state index contributed by atoms with van der Waals surface area (Å²) in [7, 11) is 1.55. The van der Waals surface area contributed by atoms with Crippen LogP contribution >= 0.6 is 0 Å². The molecule has 1 unspecified atom stereocenters. The van der Waals surface area contributed by atoms with Crippen molar-refractivity contribution in [2.45, 2.75) is 100 Å². The highest BCUT2D eigenvalue weighted by Crippen LogP contribution is 2.27. The van der Waals surface area contributed by atoms with E-state index in [0.717, 1.165) is 26.3 Å². The number of fused-ring (bicyclic) bond motifs is 1. The molecule has 16 N–H and O–H groups in total. The number of aromatic amines is 1. The Balaban J connectivity index is 1.12. The summed E-state index contributed by atoms with van der Waals surface area (Å²) >= 11 is 0. The molecule has 4 atom stereocenters. The monoisotopic (exact) mass is 1210 g/mol.